The molecule has 0 saturated carbocycles. The van der Waals surface area contributed by atoms with Crippen LogP contribution in [-0.4, -0.2) is 15.1 Å². The predicted octanol–water partition coefficient (Wildman–Crippen LogP) is 2.59. The Bertz CT molecular complexity index is 572. The van der Waals surface area contributed by atoms with Gasteiger partial charge in [0, 0.05) is 12.6 Å². The lowest BCUT2D eigenvalue weighted by atomic mass is 9.92. The molecular formula is C13H14N4O. The predicted molar refractivity (Wildman–Crippen MR) is 65.4 cm³/mol. The molecule has 0 aliphatic carbocycles. The number of pyridine rings is 1. The van der Waals surface area contributed by atoms with E-state index in [1.165, 1.54) is 6.20 Å². The van der Waals surface area contributed by atoms with Crippen LogP contribution in [0.4, 0.5) is 0 Å². The van der Waals surface area contributed by atoms with E-state index in [0.717, 1.165) is 6.42 Å². The van der Waals surface area contributed by atoms with Crippen LogP contribution < -0.4 is 0 Å². The fourth-order valence-electron chi connectivity index (χ4n) is 1.49. The number of nitrogens with zero attached hydrogens (tertiary/aromatic N) is 4. The summed E-state index contributed by atoms with van der Waals surface area (Å²) in [5, 5.41) is 12.6. The van der Waals surface area contributed by atoms with Crippen molar-refractivity contribution in [2.45, 2.75) is 27.2 Å². The van der Waals surface area contributed by atoms with E-state index < -0.39 is 0 Å². The molecule has 0 saturated heterocycles. The van der Waals surface area contributed by atoms with Crippen LogP contribution in [0.15, 0.2) is 22.9 Å². The molecule has 2 aromatic heterocycles. The lowest BCUT2D eigenvalue weighted by molar-refractivity contribution is 0.374. The third-order valence-corrected chi connectivity index (χ3v) is 2.27. The molecule has 92 valence electrons. The van der Waals surface area contributed by atoms with Crippen LogP contribution >= 0.6 is 0 Å². The number of hydrogen-bond donors (Lipinski definition) is 0. The number of aromatic nitrogens is 3. The molecule has 2 aromatic rings. The van der Waals surface area contributed by atoms with Crippen LogP contribution in [0.25, 0.3) is 11.6 Å². The second kappa shape index (κ2) is 4.57. The normalized spacial score (nSPS) is 11.2. The molecule has 0 radical (unpaired) electrons. The standard InChI is InChI=1S/C13H14N4O/c1-13(2,3)6-11-16-12(18-17-11)10-5-4-9(7-14)8-15-10/h4-5,8H,6H2,1-3H3. The summed E-state index contributed by atoms with van der Waals surface area (Å²) in [5.74, 6) is 1.06. The lowest BCUT2D eigenvalue weighted by Crippen LogP contribution is -2.10. The molecular weight excluding hydrogens is 228 g/mol. The lowest BCUT2D eigenvalue weighted by Gasteiger charge is -2.14. The molecule has 2 rings (SSSR count). The minimum Gasteiger partial charge on any atom is -0.332 e. The highest BCUT2D eigenvalue weighted by molar-refractivity contribution is 5.47. The minimum atomic E-state index is 0.110. The van der Waals surface area contributed by atoms with Gasteiger partial charge in [0.1, 0.15) is 11.8 Å². The Hall–Kier alpha value is -2.22. The van der Waals surface area contributed by atoms with Crippen molar-refractivity contribution < 1.29 is 4.52 Å². The van der Waals surface area contributed by atoms with Crippen LogP contribution in [0.1, 0.15) is 32.2 Å². The van der Waals surface area contributed by atoms with Crippen molar-refractivity contribution >= 4 is 0 Å². The molecule has 0 aliphatic heterocycles. The van der Waals surface area contributed by atoms with Crippen LogP contribution in [0.5, 0.6) is 0 Å². The largest absolute Gasteiger partial charge is 0.332 e. The summed E-state index contributed by atoms with van der Waals surface area (Å²) in [5.41, 5.74) is 1.20. The van der Waals surface area contributed by atoms with Gasteiger partial charge in [0.25, 0.3) is 5.89 Å². The summed E-state index contributed by atoms with van der Waals surface area (Å²) in [4.78, 5) is 8.41. The Morgan fingerprint density at radius 3 is 2.67 bits per heavy atom. The quantitative estimate of drug-likeness (QED) is 0.809. The summed E-state index contributed by atoms with van der Waals surface area (Å²) in [7, 11) is 0. The number of rotatable bonds is 2. The van der Waals surface area contributed by atoms with E-state index in [2.05, 4.69) is 35.9 Å². The number of nitriles is 1. The van der Waals surface area contributed by atoms with E-state index in [0.29, 0.717) is 23.0 Å². The van der Waals surface area contributed by atoms with Crippen molar-refractivity contribution in [3.05, 3.63) is 29.7 Å². The first kappa shape index (κ1) is 12.2. The molecule has 0 aromatic carbocycles. The molecule has 18 heavy (non-hydrogen) atoms. The minimum absolute atomic E-state index is 0.110. The average molecular weight is 242 g/mol. The smallest absolute Gasteiger partial charge is 0.276 e. The van der Waals surface area contributed by atoms with E-state index in [-0.39, 0.29) is 5.41 Å². The van der Waals surface area contributed by atoms with Crippen molar-refractivity contribution in [3.63, 3.8) is 0 Å². The summed E-state index contributed by atoms with van der Waals surface area (Å²) < 4.78 is 5.16. The highest BCUT2D eigenvalue weighted by atomic mass is 16.5. The maximum Gasteiger partial charge on any atom is 0.276 e. The molecule has 0 amide bonds. The third-order valence-electron chi connectivity index (χ3n) is 2.27. The van der Waals surface area contributed by atoms with Crippen LogP contribution in [-0.2, 0) is 6.42 Å². The zero-order chi connectivity index (χ0) is 13.2. The molecule has 0 bridgehead atoms. The Morgan fingerprint density at radius 1 is 1.33 bits per heavy atom. The van der Waals surface area contributed by atoms with Crippen LogP contribution in [0, 0.1) is 16.7 Å². The second-order valence-electron chi connectivity index (χ2n) is 5.30. The molecule has 2 heterocycles. The highest BCUT2D eigenvalue weighted by Gasteiger charge is 2.17. The van der Waals surface area contributed by atoms with Crippen molar-refractivity contribution in [2.75, 3.05) is 0 Å². The van der Waals surface area contributed by atoms with Gasteiger partial charge < -0.3 is 4.52 Å². The SMILES string of the molecule is CC(C)(C)Cc1noc(-c2ccc(C#N)cn2)n1. The molecule has 0 aliphatic rings. The maximum absolute atomic E-state index is 8.69. The summed E-state index contributed by atoms with van der Waals surface area (Å²) in [6.45, 7) is 6.34. The van der Waals surface area contributed by atoms with Crippen molar-refractivity contribution in [3.8, 4) is 17.7 Å². The third kappa shape index (κ3) is 2.92. The van der Waals surface area contributed by atoms with E-state index in [9.17, 15) is 0 Å². The Labute approximate surface area is 105 Å². The molecule has 0 atom stereocenters. The van der Waals surface area contributed by atoms with Crippen LogP contribution in [0.2, 0.25) is 0 Å². The zero-order valence-corrected chi connectivity index (χ0v) is 10.6. The van der Waals surface area contributed by atoms with Gasteiger partial charge in [-0.1, -0.05) is 25.9 Å². The van der Waals surface area contributed by atoms with E-state index in [1.807, 2.05) is 6.07 Å². The van der Waals surface area contributed by atoms with Gasteiger partial charge >= 0.3 is 0 Å². The zero-order valence-electron chi connectivity index (χ0n) is 10.6. The van der Waals surface area contributed by atoms with Crippen molar-refractivity contribution in [1.29, 1.82) is 5.26 Å². The van der Waals surface area contributed by atoms with Crippen LogP contribution in [0.3, 0.4) is 0 Å². The summed E-state index contributed by atoms with van der Waals surface area (Å²) in [6.07, 6.45) is 2.23. The fourth-order valence-corrected chi connectivity index (χ4v) is 1.49. The van der Waals surface area contributed by atoms with E-state index in [4.69, 9.17) is 9.78 Å². The van der Waals surface area contributed by atoms with Gasteiger partial charge in [0.15, 0.2) is 5.82 Å². The Balaban J connectivity index is 2.21. The fraction of sp³-hybridized carbons (Fsp3) is 0.385. The van der Waals surface area contributed by atoms with Gasteiger partial charge in [-0.15, -0.1) is 0 Å². The van der Waals surface area contributed by atoms with Gasteiger partial charge in [-0.2, -0.15) is 10.2 Å². The number of hydrogen-bond acceptors (Lipinski definition) is 5. The van der Waals surface area contributed by atoms with Gasteiger partial charge in [-0.3, -0.25) is 0 Å². The molecule has 5 nitrogen and oxygen atoms in total. The molecule has 0 fully saturated rings. The van der Waals surface area contributed by atoms with E-state index >= 15 is 0 Å². The monoisotopic (exact) mass is 242 g/mol. The van der Waals surface area contributed by atoms with Crippen molar-refractivity contribution in [2.24, 2.45) is 5.41 Å². The summed E-state index contributed by atoms with van der Waals surface area (Å²) >= 11 is 0. The first-order valence-electron chi connectivity index (χ1n) is 5.67. The average Bonchev–Trinajstić information content (AvgIpc) is 2.75. The van der Waals surface area contributed by atoms with Crippen molar-refractivity contribution in [1.82, 2.24) is 15.1 Å². The van der Waals surface area contributed by atoms with E-state index in [1.54, 1.807) is 12.1 Å². The Kier molecular flexibility index (Phi) is 3.11. The molecule has 0 unspecified atom stereocenters. The van der Waals surface area contributed by atoms with Gasteiger partial charge in [0.2, 0.25) is 0 Å². The topological polar surface area (TPSA) is 75.6 Å². The van der Waals surface area contributed by atoms with Gasteiger partial charge in [-0.25, -0.2) is 4.98 Å². The van der Waals surface area contributed by atoms with Gasteiger partial charge in [0.05, 0.1) is 5.56 Å². The first-order chi connectivity index (χ1) is 8.48. The Morgan fingerprint density at radius 2 is 2.11 bits per heavy atom. The summed E-state index contributed by atoms with van der Waals surface area (Å²) in [6, 6.07) is 5.39. The first-order valence-corrected chi connectivity index (χ1v) is 5.67. The molecule has 0 N–H and O–H groups in total. The highest BCUT2D eigenvalue weighted by Crippen LogP contribution is 2.21. The molecule has 0 spiro atoms. The van der Waals surface area contributed by atoms with Gasteiger partial charge in [-0.05, 0) is 17.5 Å². The second-order valence-corrected chi connectivity index (χ2v) is 5.30. The molecule has 5 heteroatoms. The maximum atomic E-state index is 8.69.